The van der Waals surface area contributed by atoms with Gasteiger partial charge in [0.25, 0.3) is 0 Å². The molecule has 0 aromatic rings. The molecule has 0 bridgehead atoms. The fourth-order valence-electron chi connectivity index (χ4n) is 6.35. The molecule has 0 aromatic carbocycles. The summed E-state index contributed by atoms with van der Waals surface area (Å²) in [7, 11) is 0. The summed E-state index contributed by atoms with van der Waals surface area (Å²) < 4.78 is 0. The van der Waals surface area contributed by atoms with Gasteiger partial charge in [-0.3, -0.25) is 4.79 Å². The maximum Gasteiger partial charge on any atom is 0.220 e. The molecule has 268 valence electrons. The molecule has 0 radical (unpaired) electrons. The number of amides is 1. The Hall–Kier alpha value is -0.870. The molecule has 0 saturated heterocycles. The summed E-state index contributed by atoms with van der Waals surface area (Å²) in [6.45, 7) is 4.25. The number of carbonyl (C=O) groups is 1. The van der Waals surface area contributed by atoms with Crippen LogP contribution in [0.15, 0.2) is 12.2 Å². The van der Waals surface area contributed by atoms with E-state index >= 15 is 0 Å². The van der Waals surface area contributed by atoms with Crippen molar-refractivity contribution in [2.75, 3.05) is 6.61 Å². The van der Waals surface area contributed by atoms with E-state index in [0.29, 0.717) is 6.42 Å². The molecule has 0 aromatic heterocycles. The van der Waals surface area contributed by atoms with Crippen molar-refractivity contribution in [1.82, 2.24) is 5.32 Å². The van der Waals surface area contributed by atoms with E-state index in [2.05, 4.69) is 19.2 Å². The highest BCUT2D eigenvalue weighted by Crippen LogP contribution is 2.16. The van der Waals surface area contributed by atoms with Crippen LogP contribution in [0.25, 0.3) is 0 Å². The molecule has 0 aliphatic heterocycles. The number of allylic oxidation sites excluding steroid dienone is 1. The van der Waals surface area contributed by atoms with E-state index in [9.17, 15) is 15.0 Å². The van der Waals surface area contributed by atoms with E-state index in [4.69, 9.17) is 0 Å². The molecule has 2 atom stereocenters. The highest BCUT2D eigenvalue weighted by atomic mass is 16.3. The van der Waals surface area contributed by atoms with Crippen LogP contribution in [0.4, 0.5) is 0 Å². The molecule has 0 aliphatic carbocycles. The molecular weight excluding hydrogens is 554 g/mol. The fourth-order valence-corrected chi connectivity index (χ4v) is 6.35. The van der Waals surface area contributed by atoms with E-state index < -0.39 is 12.1 Å². The van der Waals surface area contributed by atoms with Crippen LogP contribution in [-0.4, -0.2) is 34.9 Å². The van der Waals surface area contributed by atoms with Gasteiger partial charge in [-0.2, -0.15) is 0 Å². The van der Waals surface area contributed by atoms with Crippen LogP contribution in [0.3, 0.4) is 0 Å². The van der Waals surface area contributed by atoms with E-state index in [1.54, 1.807) is 6.08 Å². The Kier molecular flexibility index (Phi) is 36.9. The van der Waals surface area contributed by atoms with Crippen LogP contribution in [0.5, 0.6) is 0 Å². The molecule has 4 nitrogen and oxygen atoms in total. The minimum Gasteiger partial charge on any atom is -0.394 e. The number of aliphatic hydroxyl groups excluding tert-OH is 2. The number of hydrogen-bond donors (Lipinski definition) is 3. The summed E-state index contributed by atoms with van der Waals surface area (Å²) in [6.07, 6.45) is 46.4. The van der Waals surface area contributed by atoms with Crippen molar-refractivity contribution >= 4 is 5.91 Å². The lowest BCUT2D eigenvalue weighted by Crippen LogP contribution is -2.45. The van der Waals surface area contributed by atoms with Gasteiger partial charge in [-0.05, 0) is 19.3 Å². The van der Waals surface area contributed by atoms with Crippen LogP contribution in [0.2, 0.25) is 0 Å². The quantitative estimate of drug-likeness (QED) is 0.0470. The number of hydrogen-bond acceptors (Lipinski definition) is 3. The molecule has 0 saturated carbocycles. The summed E-state index contributed by atoms with van der Waals surface area (Å²) in [5.41, 5.74) is 0. The van der Waals surface area contributed by atoms with Gasteiger partial charge in [-0.1, -0.05) is 212 Å². The normalized spacial score (nSPS) is 13.1. The lowest BCUT2D eigenvalue weighted by atomic mass is 10.0. The Morgan fingerprint density at radius 3 is 1.16 bits per heavy atom. The third kappa shape index (κ3) is 34.3. The molecule has 45 heavy (non-hydrogen) atoms. The lowest BCUT2D eigenvalue weighted by Gasteiger charge is -2.20. The smallest absolute Gasteiger partial charge is 0.220 e. The Morgan fingerprint density at radius 1 is 0.511 bits per heavy atom. The average Bonchev–Trinajstić information content (AvgIpc) is 3.04. The molecule has 4 heteroatoms. The second-order valence-corrected chi connectivity index (χ2v) is 14.1. The highest BCUT2D eigenvalue weighted by molar-refractivity contribution is 5.76. The minimum atomic E-state index is -0.831. The lowest BCUT2D eigenvalue weighted by molar-refractivity contribution is -0.123. The maximum atomic E-state index is 12.1. The standard InChI is InChI=1S/C41H81NO3/c1-3-5-7-9-11-12-13-14-15-16-17-18-19-20-21-22-23-24-25-26-27-28-29-30-31-32-34-36-40(44)39(38-43)42-41(45)37-35-33-10-8-6-4-2/h34,36,39-40,43-44H,3-33,35,37-38H2,1-2H3,(H,42,45)/b36-34+. The second-order valence-electron chi connectivity index (χ2n) is 14.1. The van der Waals surface area contributed by atoms with Crippen molar-refractivity contribution in [3.63, 3.8) is 0 Å². The van der Waals surface area contributed by atoms with Crippen LogP contribution >= 0.6 is 0 Å². The Balaban J connectivity index is 3.40. The third-order valence-corrected chi connectivity index (χ3v) is 9.52. The maximum absolute atomic E-state index is 12.1. The second kappa shape index (κ2) is 37.6. The zero-order valence-corrected chi connectivity index (χ0v) is 30.7. The Morgan fingerprint density at radius 2 is 0.822 bits per heavy atom. The zero-order valence-electron chi connectivity index (χ0n) is 30.7. The first-order valence-electron chi connectivity index (χ1n) is 20.4. The van der Waals surface area contributed by atoms with E-state index in [1.165, 1.54) is 180 Å². The van der Waals surface area contributed by atoms with Gasteiger partial charge in [-0.25, -0.2) is 0 Å². The Labute approximate surface area is 282 Å². The first kappa shape index (κ1) is 44.1. The zero-order chi connectivity index (χ0) is 32.9. The van der Waals surface area contributed by atoms with Crippen LogP contribution in [0, 0.1) is 0 Å². The minimum absolute atomic E-state index is 0.0720. The van der Waals surface area contributed by atoms with Gasteiger partial charge < -0.3 is 15.5 Å². The molecule has 3 N–H and O–H groups in total. The third-order valence-electron chi connectivity index (χ3n) is 9.52. The van der Waals surface area contributed by atoms with Crippen LogP contribution in [-0.2, 0) is 4.79 Å². The van der Waals surface area contributed by atoms with Crippen molar-refractivity contribution < 1.29 is 15.0 Å². The Bertz CT molecular complexity index is 608. The highest BCUT2D eigenvalue weighted by Gasteiger charge is 2.17. The first-order valence-corrected chi connectivity index (χ1v) is 20.4. The van der Waals surface area contributed by atoms with Gasteiger partial charge in [-0.15, -0.1) is 0 Å². The monoisotopic (exact) mass is 636 g/mol. The van der Waals surface area contributed by atoms with Gasteiger partial charge in [0.1, 0.15) is 0 Å². The number of unbranched alkanes of at least 4 members (excludes halogenated alkanes) is 30. The largest absolute Gasteiger partial charge is 0.394 e. The summed E-state index contributed by atoms with van der Waals surface area (Å²) >= 11 is 0. The van der Waals surface area contributed by atoms with Gasteiger partial charge in [0.15, 0.2) is 0 Å². The van der Waals surface area contributed by atoms with Gasteiger partial charge in [0.05, 0.1) is 18.8 Å². The summed E-state index contributed by atoms with van der Waals surface area (Å²) in [5.74, 6) is -0.0720. The predicted octanol–water partition coefficient (Wildman–Crippen LogP) is 12.3. The molecule has 0 fully saturated rings. The van der Waals surface area contributed by atoms with Crippen molar-refractivity contribution in [3.8, 4) is 0 Å². The molecule has 0 rings (SSSR count). The summed E-state index contributed by atoms with van der Waals surface area (Å²) in [4.78, 5) is 12.1. The molecule has 0 aliphatic rings. The molecule has 2 unspecified atom stereocenters. The predicted molar refractivity (Wildman–Crippen MR) is 198 cm³/mol. The first-order chi connectivity index (χ1) is 22.2. The molecule has 1 amide bonds. The summed E-state index contributed by atoms with van der Waals surface area (Å²) in [5, 5.41) is 22.8. The summed E-state index contributed by atoms with van der Waals surface area (Å²) in [6, 6.07) is -0.613. The molecule has 0 heterocycles. The topological polar surface area (TPSA) is 69.6 Å². The van der Waals surface area contributed by atoms with Crippen LogP contribution < -0.4 is 5.32 Å². The van der Waals surface area contributed by atoms with E-state index in [-0.39, 0.29) is 12.5 Å². The van der Waals surface area contributed by atoms with Crippen molar-refractivity contribution in [2.24, 2.45) is 0 Å². The van der Waals surface area contributed by atoms with Crippen molar-refractivity contribution in [3.05, 3.63) is 12.2 Å². The molecule has 0 spiro atoms. The van der Waals surface area contributed by atoms with Gasteiger partial charge in [0, 0.05) is 6.42 Å². The fraction of sp³-hybridized carbons (Fsp3) is 0.927. The van der Waals surface area contributed by atoms with Gasteiger partial charge >= 0.3 is 0 Å². The molecular formula is C41H81NO3. The van der Waals surface area contributed by atoms with Gasteiger partial charge in [0.2, 0.25) is 5.91 Å². The van der Waals surface area contributed by atoms with E-state index in [0.717, 1.165) is 25.7 Å². The van der Waals surface area contributed by atoms with Crippen LogP contribution in [0.1, 0.15) is 226 Å². The number of carbonyl (C=O) groups excluding carboxylic acids is 1. The number of rotatable bonds is 37. The number of aliphatic hydroxyl groups is 2. The van der Waals surface area contributed by atoms with Crippen molar-refractivity contribution in [1.29, 1.82) is 0 Å². The van der Waals surface area contributed by atoms with E-state index in [1.807, 2.05) is 6.08 Å². The average molecular weight is 636 g/mol. The number of nitrogens with one attached hydrogen (secondary N) is 1. The van der Waals surface area contributed by atoms with Crippen molar-refractivity contribution in [2.45, 2.75) is 238 Å². The SMILES string of the molecule is CCCCCCCCCCCCCCCCCCCCCCCCCCC/C=C/C(O)C(CO)NC(=O)CCCCCCCC.